The van der Waals surface area contributed by atoms with E-state index >= 15 is 0 Å². The van der Waals surface area contributed by atoms with E-state index in [-0.39, 0.29) is 4.90 Å². The molecule has 2 rings (SSSR count). The molecular formula is C16H23N3O3S. The van der Waals surface area contributed by atoms with Crippen molar-refractivity contribution in [1.82, 2.24) is 14.3 Å². The largest absolute Gasteiger partial charge is 0.497 e. The van der Waals surface area contributed by atoms with Gasteiger partial charge < -0.3 is 9.30 Å². The zero-order valence-electron chi connectivity index (χ0n) is 13.3. The SMILES string of the molecule is COc1ccc(S(=O)(=O)NCCCCCCn2ccnc2)cc1. The van der Waals surface area contributed by atoms with Crippen LogP contribution in [-0.2, 0) is 16.6 Å². The third-order valence-corrected chi connectivity index (χ3v) is 5.04. The van der Waals surface area contributed by atoms with E-state index in [0.29, 0.717) is 12.3 Å². The van der Waals surface area contributed by atoms with Gasteiger partial charge in [0.05, 0.1) is 18.3 Å². The van der Waals surface area contributed by atoms with Crippen LogP contribution in [0.5, 0.6) is 5.75 Å². The Labute approximate surface area is 137 Å². The van der Waals surface area contributed by atoms with Gasteiger partial charge in [0.15, 0.2) is 0 Å². The molecule has 126 valence electrons. The van der Waals surface area contributed by atoms with E-state index in [1.807, 2.05) is 17.1 Å². The molecule has 0 aliphatic heterocycles. The molecule has 23 heavy (non-hydrogen) atoms. The van der Waals surface area contributed by atoms with Gasteiger partial charge in [0, 0.05) is 25.5 Å². The van der Waals surface area contributed by atoms with E-state index < -0.39 is 10.0 Å². The summed E-state index contributed by atoms with van der Waals surface area (Å²) < 4.78 is 33.9. The number of ether oxygens (including phenoxy) is 1. The van der Waals surface area contributed by atoms with Crippen molar-refractivity contribution in [3.8, 4) is 5.75 Å². The molecule has 1 aromatic heterocycles. The maximum Gasteiger partial charge on any atom is 0.240 e. The van der Waals surface area contributed by atoms with Gasteiger partial charge in [-0.3, -0.25) is 0 Å². The monoisotopic (exact) mass is 337 g/mol. The van der Waals surface area contributed by atoms with Crippen LogP contribution in [0, 0.1) is 0 Å². The normalized spacial score (nSPS) is 11.5. The zero-order chi connectivity index (χ0) is 16.5. The minimum absolute atomic E-state index is 0.262. The molecule has 0 unspecified atom stereocenters. The second kappa shape index (κ2) is 8.69. The van der Waals surface area contributed by atoms with Gasteiger partial charge in [-0.25, -0.2) is 18.1 Å². The van der Waals surface area contributed by atoms with E-state index in [4.69, 9.17) is 4.74 Å². The van der Waals surface area contributed by atoms with Crippen LogP contribution in [0.4, 0.5) is 0 Å². The molecule has 0 aliphatic rings. The van der Waals surface area contributed by atoms with Crippen molar-refractivity contribution in [2.24, 2.45) is 0 Å². The fourth-order valence-corrected chi connectivity index (χ4v) is 3.31. The van der Waals surface area contributed by atoms with Crippen LogP contribution in [0.1, 0.15) is 25.7 Å². The molecule has 2 aromatic rings. The number of sulfonamides is 1. The van der Waals surface area contributed by atoms with Gasteiger partial charge in [-0.2, -0.15) is 0 Å². The highest BCUT2D eigenvalue weighted by Gasteiger charge is 2.12. The number of rotatable bonds is 10. The van der Waals surface area contributed by atoms with Gasteiger partial charge in [-0.15, -0.1) is 0 Å². The summed E-state index contributed by atoms with van der Waals surface area (Å²) >= 11 is 0. The Balaban J connectivity index is 1.64. The van der Waals surface area contributed by atoms with E-state index in [2.05, 4.69) is 9.71 Å². The van der Waals surface area contributed by atoms with Gasteiger partial charge >= 0.3 is 0 Å². The van der Waals surface area contributed by atoms with Crippen LogP contribution in [0.25, 0.3) is 0 Å². The number of imidazole rings is 1. The fourth-order valence-electron chi connectivity index (χ4n) is 2.24. The summed E-state index contributed by atoms with van der Waals surface area (Å²) in [5.74, 6) is 0.641. The summed E-state index contributed by atoms with van der Waals surface area (Å²) in [5.41, 5.74) is 0. The van der Waals surface area contributed by atoms with E-state index in [0.717, 1.165) is 32.2 Å². The average Bonchev–Trinajstić information content (AvgIpc) is 3.07. The standard InChI is InChI=1S/C16H23N3O3S/c1-22-15-6-8-16(9-7-15)23(20,21)18-10-4-2-3-5-12-19-13-11-17-14-19/h6-9,11,13-14,18H,2-5,10,12H2,1H3. The number of methoxy groups -OCH3 is 1. The molecule has 0 bridgehead atoms. The number of aromatic nitrogens is 2. The number of aryl methyl sites for hydroxylation is 1. The molecule has 0 aliphatic carbocycles. The molecule has 0 saturated heterocycles. The van der Waals surface area contributed by atoms with Crippen LogP contribution in [-0.4, -0.2) is 31.6 Å². The van der Waals surface area contributed by atoms with Gasteiger partial charge in [-0.05, 0) is 37.1 Å². The molecule has 0 amide bonds. The van der Waals surface area contributed by atoms with E-state index in [9.17, 15) is 8.42 Å². The van der Waals surface area contributed by atoms with Crippen molar-refractivity contribution in [1.29, 1.82) is 0 Å². The first kappa shape index (κ1) is 17.5. The summed E-state index contributed by atoms with van der Waals surface area (Å²) in [6.07, 6.45) is 9.50. The highest BCUT2D eigenvalue weighted by atomic mass is 32.2. The number of nitrogens with zero attached hydrogens (tertiary/aromatic N) is 2. The second-order valence-electron chi connectivity index (χ2n) is 5.29. The predicted molar refractivity (Wildman–Crippen MR) is 88.9 cm³/mol. The lowest BCUT2D eigenvalue weighted by atomic mass is 10.2. The Morgan fingerprint density at radius 2 is 1.87 bits per heavy atom. The predicted octanol–water partition coefficient (Wildman–Crippen LogP) is 2.43. The maximum atomic E-state index is 12.1. The van der Waals surface area contributed by atoms with Gasteiger partial charge in [0.25, 0.3) is 0 Å². The lowest BCUT2D eigenvalue weighted by Crippen LogP contribution is -2.24. The highest BCUT2D eigenvalue weighted by molar-refractivity contribution is 7.89. The van der Waals surface area contributed by atoms with Crippen LogP contribution in [0.15, 0.2) is 47.9 Å². The van der Waals surface area contributed by atoms with Gasteiger partial charge in [-0.1, -0.05) is 12.8 Å². The quantitative estimate of drug-likeness (QED) is 0.676. The Bertz CT molecular complexity index is 667. The highest BCUT2D eigenvalue weighted by Crippen LogP contribution is 2.15. The number of hydrogen-bond acceptors (Lipinski definition) is 4. The maximum absolute atomic E-state index is 12.1. The minimum Gasteiger partial charge on any atom is -0.497 e. The van der Waals surface area contributed by atoms with Gasteiger partial charge in [0.2, 0.25) is 10.0 Å². The summed E-state index contributed by atoms with van der Waals surface area (Å²) in [7, 11) is -1.88. The number of nitrogens with one attached hydrogen (secondary N) is 1. The Kier molecular flexibility index (Phi) is 6.61. The molecular weight excluding hydrogens is 314 g/mol. The minimum atomic E-state index is -3.43. The molecule has 1 N–H and O–H groups in total. The van der Waals surface area contributed by atoms with E-state index in [1.54, 1.807) is 37.6 Å². The Morgan fingerprint density at radius 1 is 1.13 bits per heavy atom. The first-order chi connectivity index (χ1) is 11.1. The molecule has 0 atom stereocenters. The van der Waals surface area contributed by atoms with E-state index in [1.165, 1.54) is 0 Å². The smallest absolute Gasteiger partial charge is 0.240 e. The van der Waals surface area contributed by atoms with Crippen molar-refractivity contribution in [3.63, 3.8) is 0 Å². The summed E-state index contributed by atoms with van der Waals surface area (Å²) in [6.45, 7) is 1.41. The van der Waals surface area contributed by atoms with Crippen molar-refractivity contribution in [2.45, 2.75) is 37.1 Å². The molecule has 6 nitrogen and oxygen atoms in total. The Morgan fingerprint density at radius 3 is 2.52 bits per heavy atom. The molecule has 1 heterocycles. The molecule has 0 saturated carbocycles. The molecule has 1 aromatic carbocycles. The average molecular weight is 337 g/mol. The molecule has 0 radical (unpaired) electrons. The van der Waals surface area contributed by atoms with Crippen LogP contribution >= 0.6 is 0 Å². The summed E-state index contributed by atoms with van der Waals surface area (Å²) in [6, 6.07) is 6.38. The van der Waals surface area contributed by atoms with Crippen LogP contribution < -0.4 is 9.46 Å². The number of benzene rings is 1. The van der Waals surface area contributed by atoms with Crippen LogP contribution in [0.2, 0.25) is 0 Å². The van der Waals surface area contributed by atoms with Crippen molar-refractivity contribution < 1.29 is 13.2 Å². The van der Waals surface area contributed by atoms with Crippen molar-refractivity contribution in [3.05, 3.63) is 43.0 Å². The second-order valence-corrected chi connectivity index (χ2v) is 7.05. The molecule has 7 heteroatoms. The summed E-state index contributed by atoms with van der Waals surface area (Å²) in [4.78, 5) is 4.26. The van der Waals surface area contributed by atoms with Crippen LogP contribution in [0.3, 0.4) is 0 Å². The lowest BCUT2D eigenvalue weighted by Gasteiger charge is -2.07. The molecule has 0 fully saturated rings. The van der Waals surface area contributed by atoms with Crippen molar-refractivity contribution >= 4 is 10.0 Å². The topological polar surface area (TPSA) is 73.2 Å². The van der Waals surface area contributed by atoms with Gasteiger partial charge in [0.1, 0.15) is 5.75 Å². The van der Waals surface area contributed by atoms with Crippen molar-refractivity contribution in [2.75, 3.05) is 13.7 Å². The first-order valence-electron chi connectivity index (χ1n) is 7.71. The third kappa shape index (κ3) is 5.69. The molecule has 0 spiro atoms. The third-order valence-electron chi connectivity index (χ3n) is 3.56. The summed E-state index contributed by atoms with van der Waals surface area (Å²) in [5, 5.41) is 0. The number of unbranched alkanes of at least 4 members (excludes halogenated alkanes) is 3. The zero-order valence-corrected chi connectivity index (χ0v) is 14.1. The lowest BCUT2D eigenvalue weighted by molar-refractivity contribution is 0.414. The first-order valence-corrected chi connectivity index (χ1v) is 9.19. The number of hydrogen-bond donors (Lipinski definition) is 1. The Hall–Kier alpha value is -1.86. The fraction of sp³-hybridized carbons (Fsp3) is 0.438.